The van der Waals surface area contributed by atoms with Crippen molar-refractivity contribution in [2.24, 2.45) is 40.9 Å². The summed E-state index contributed by atoms with van der Waals surface area (Å²) in [6, 6.07) is 0.526. The third-order valence-electron chi connectivity index (χ3n) is 10.3. The molecule has 0 heterocycles. The molecule has 0 amide bonds. The maximum Gasteiger partial charge on any atom is 0.0260 e. The Morgan fingerprint density at radius 3 is 1.56 bits per heavy atom. The van der Waals surface area contributed by atoms with Crippen molar-refractivity contribution < 1.29 is 0 Å². The lowest BCUT2D eigenvalue weighted by atomic mass is 9.45. The highest BCUT2D eigenvalue weighted by atomic mass is 15.1. The molecule has 2 fully saturated rings. The minimum atomic E-state index is 0.327. The molecule has 1 nitrogen and oxygen atoms in total. The van der Waals surface area contributed by atoms with E-state index in [1.165, 1.54) is 51.4 Å². The molecule has 268 valence electrons. The Morgan fingerprint density at radius 1 is 0.822 bits per heavy atom. The van der Waals surface area contributed by atoms with Crippen LogP contribution in [-0.4, -0.2) is 18.0 Å². The van der Waals surface area contributed by atoms with Gasteiger partial charge in [0, 0.05) is 18.8 Å². The van der Waals surface area contributed by atoms with Crippen LogP contribution in [-0.2, 0) is 0 Å². The average Bonchev–Trinajstić information content (AvgIpc) is 3.02. The van der Waals surface area contributed by atoms with E-state index in [0.29, 0.717) is 17.4 Å². The molecule has 2 saturated carbocycles. The smallest absolute Gasteiger partial charge is 0.0260 e. The van der Waals surface area contributed by atoms with Crippen molar-refractivity contribution in [3.63, 3.8) is 0 Å². The highest BCUT2D eigenvalue weighted by Crippen LogP contribution is 2.63. The first kappa shape index (κ1) is 50.4. The molecule has 2 aliphatic rings. The van der Waals surface area contributed by atoms with Crippen molar-refractivity contribution in [3.05, 3.63) is 60.9 Å². The van der Waals surface area contributed by atoms with Crippen LogP contribution in [0.2, 0.25) is 0 Å². The number of hydrogen-bond acceptors (Lipinski definition) is 1. The highest BCUT2D eigenvalue weighted by Gasteiger charge is 2.55. The molecule has 0 spiro atoms. The fraction of sp³-hybridized carbons (Fsp3) is 0.773. The summed E-state index contributed by atoms with van der Waals surface area (Å²) in [4.78, 5) is 2.34. The minimum Gasteiger partial charge on any atom is -0.376 e. The van der Waals surface area contributed by atoms with Crippen molar-refractivity contribution >= 4 is 0 Å². The molecule has 7 unspecified atom stereocenters. The van der Waals surface area contributed by atoms with Gasteiger partial charge in [0.1, 0.15) is 0 Å². The van der Waals surface area contributed by atoms with Crippen LogP contribution in [0, 0.1) is 40.9 Å². The number of allylic oxidation sites excluding steroid dienone is 7. The Morgan fingerprint density at radius 2 is 1.31 bits per heavy atom. The van der Waals surface area contributed by atoms with Gasteiger partial charge in [-0.25, -0.2) is 0 Å². The second-order valence-electron chi connectivity index (χ2n) is 13.5. The first-order valence-electron chi connectivity index (χ1n) is 19.1. The quantitative estimate of drug-likeness (QED) is 0.162. The van der Waals surface area contributed by atoms with Crippen LogP contribution in [0.1, 0.15) is 169 Å². The van der Waals surface area contributed by atoms with Gasteiger partial charge in [0.2, 0.25) is 0 Å². The van der Waals surface area contributed by atoms with Gasteiger partial charge in [-0.3, -0.25) is 0 Å². The topological polar surface area (TPSA) is 3.24 Å². The number of nitrogens with zero attached hydrogens (tertiary/aromatic N) is 1. The third-order valence-corrected chi connectivity index (χ3v) is 10.3. The van der Waals surface area contributed by atoms with E-state index in [9.17, 15) is 0 Å². The van der Waals surface area contributed by atoms with Gasteiger partial charge >= 0.3 is 0 Å². The Hall–Kier alpha value is -1.50. The van der Waals surface area contributed by atoms with E-state index < -0.39 is 0 Å². The lowest BCUT2D eigenvalue weighted by Crippen LogP contribution is -2.52. The predicted octanol–water partition coefficient (Wildman–Crippen LogP) is 15.1. The van der Waals surface area contributed by atoms with Crippen molar-refractivity contribution in [3.8, 4) is 0 Å². The third kappa shape index (κ3) is 18.4. The maximum atomic E-state index is 4.82. The molecule has 0 aromatic carbocycles. The largest absolute Gasteiger partial charge is 0.376 e. The Bertz CT molecular complexity index is 779. The summed E-state index contributed by atoms with van der Waals surface area (Å²) in [5.74, 6) is 5.16. The highest BCUT2D eigenvalue weighted by molar-refractivity contribution is 5.21. The first-order valence-corrected chi connectivity index (χ1v) is 19.1. The second-order valence-corrected chi connectivity index (χ2v) is 13.5. The molecule has 0 radical (unpaired) electrons. The van der Waals surface area contributed by atoms with Crippen LogP contribution in [0.4, 0.5) is 0 Å². The summed E-state index contributed by atoms with van der Waals surface area (Å²) in [5, 5.41) is 0. The van der Waals surface area contributed by atoms with Crippen molar-refractivity contribution in [1.29, 1.82) is 0 Å². The van der Waals surface area contributed by atoms with Gasteiger partial charge in [0.15, 0.2) is 0 Å². The number of fused-ring (bicyclic) bond motifs is 1. The Labute approximate surface area is 288 Å². The average molecular weight is 630 g/mol. The lowest BCUT2D eigenvalue weighted by molar-refractivity contribution is -0.0737. The van der Waals surface area contributed by atoms with Gasteiger partial charge < -0.3 is 4.90 Å². The molecule has 7 atom stereocenters. The van der Waals surface area contributed by atoms with Crippen molar-refractivity contribution in [1.82, 2.24) is 4.90 Å². The number of hydrogen-bond donors (Lipinski definition) is 0. The van der Waals surface area contributed by atoms with Crippen LogP contribution < -0.4 is 0 Å². The van der Waals surface area contributed by atoms with Crippen LogP contribution in [0.3, 0.4) is 0 Å². The van der Waals surface area contributed by atoms with Gasteiger partial charge in [0.05, 0.1) is 0 Å². The molecule has 45 heavy (non-hydrogen) atoms. The first-order chi connectivity index (χ1) is 21.2. The molecule has 2 rings (SSSR count). The molecule has 1 heteroatoms. The van der Waals surface area contributed by atoms with Gasteiger partial charge in [-0.15, -0.1) is 0 Å². The van der Waals surface area contributed by atoms with Crippen LogP contribution in [0.25, 0.3) is 0 Å². The summed E-state index contributed by atoms with van der Waals surface area (Å²) in [6.45, 7) is 49.5. The van der Waals surface area contributed by atoms with Gasteiger partial charge in [0.25, 0.3) is 0 Å². The summed E-state index contributed by atoms with van der Waals surface area (Å²) < 4.78 is 0. The summed E-state index contributed by atoms with van der Waals surface area (Å²) >= 11 is 0. The monoisotopic (exact) mass is 630 g/mol. The molecule has 0 N–H and O–H groups in total. The van der Waals surface area contributed by atoms with E-state index in [4.69, 9.17) is 6.58 Å². The fourth-order valence-electron chi connectivity index (χ4n) is 6.82. The molecule has 0 bridgehead atoms. The van der Waals surface area contributed by atoms with Crippen molar-refractivity contribution in [2.75, 3.05) is 7.05 Å². The maximum absolute atomic E-state index is 4.82. The van der Waals surface area contributed by atoms with Gasteiger partial charge in [-0.1, -0.05) is 151 Å². The molecule has 0 saturated heterocycles. The normalized spacial score (nSPS) is 24.2. The molecule has 0 aromatic rings. The minimum absolute atomic E-state index is 0.327. The standard InChI is InChI=1S/C25H45N.C6H10.C5H12.C4H8.2C2H6/c1-10-20(15-18(6)26(9)17(4)5)19(7)25(8)22(11-2)16-21-13-14-23(21)24(25)12-3;1-4-5-6(2)3;1-4-5(2)3;1-3-4-2;2*1-2/h18,20-24H,4,7,10-16H2,1-3,5-6,8-9H3;4-5H,2H2,1,3H3;5H,4H2,1-3H3;3-4H,1-2H3;2*1-2H3/b;5-4+;;4-3-;;. The van der Waals surface area contributed by atoms with E-state index in [1.807, 2.05) is 79.7 Å². The lowest BCUT2D eigenvalue weighted by Gasteiger charge is -2.60. The SMILES string of the molecule is C/C=C\C.C=C(C)/C=C/C.C=C(C)N(C)C(C)CC(CC)C(=C)C1(C)C(CC)CC2CCC2C1CC.CC.CC.CCC(C)C. The summed E-state index contributed by atoms with van der Waals surface area (Å²) in [7, 11) is 2.19. The fourth-order valence-corrected chi connectivity index (χ4v) is 6.82. The second kappa shape index (κ2) is 29.9. The van der Waals surface area contributed by atoms with Crippen LogP contribution in [0.15, 0.2) is 60.9 Å². The van der Waals surface area contributed by atoms with Crippen molar-refractivity contribution in [2.45, 2.75) is 175 Å². The zero-order chi connectivity index (χ0) is 36.3. The van der Waals surface area contributed by atoms with E-state index in [2.05, 4.69) is 87.4 Å². The Balaban J connectivity index is -0.000000363. The number of rotatable bonds is 11. The predicted molar refractivity (Wildman–Crippen MR) is 214 cm³/mol. The van der Waals surface area contributed by atoms with E-state index >= 15 is 0 Å². The van der Waals surface area contributed by atoms with Gasteiger partial charge in [-0.2, -0.15) is 0 Å². The van der Waals surface area contributed by atoms with E-state index in [-0.39, 0.29) is 0 Å². The molecule has 2 aliphatic carbocycles. The summed E-state index contributed by atoms with van der Waals surface area (Å²) in [6.07, 6.45) is 18.7. The molecular weight excluding hydrogens is 542 g/mol. The van der Waals surface area contributed by atoms with Gasteiger partial charge in [-0.05, 0) is 115 Å². The van der Waals surface area contributed by atoms with Crippen LogP contribution >= 0.6 is 0 Å². The molecule has 0 aromatic heterocycles. The molecular formula is C44H87N. The van der Waals surface area contributed by atoms with E-state index in [1.54, 1.807) is 5.57 Å². The summed E-state index contributed by atoms with van der Waals surface area (Å²) in [5.41, 5.74) is 4.17. The van der Waals surface area contributed by atoms with E-state index in [0.717, 1.165) is 40.9 Å². The van der Waals surface area contributed by atoms with Crippen LogP contribution in [0.5, 0.6) is 0 Å². The zero-order valence-corrected chi connectivity index (χ0v) is 34.6. The Kier molecular flexibility index (Phi) is 33.4. The molecule has 0 aliphatic heterocycles. The zero-order valence-electron chi connectivity index (χ0n) is 34.6.